The zero-order chi connectivity index (χ0) is 19.5. The van der Waals surface area contributed by atoms with Gasteiger partial charge in [-0.15, -0.1) is 10.2 Å². The highest BCUT2D eigenvalue weighted by atomic mass is 32.1. The number of anilines is 2. The van der Waals surface area contributed by atoms with Gasteiger partial charge in [0.2, 0.25) is 22.1 Å². The number of piperidine rings is 1. The van der Waals surface area contributed by atoms with Crippen LogP contribution in [-0.4, -0.2) is 53.6 Å². The monoisotopic (exact) mass is 399 g/mol. The van der Waals surface area contributed by atoms with E-state index < -0.39 is 0 Å². The molecular weight excluding hydrogens is 374 g/mol. The molecule has 1 aromatic carbocycles. The maximum atomic E-state index is 13.0. The van der Waals surface area contributed by atoms with Crippen LogP contribution in [0.3, 0.4) is 0 Å². The lowest BCUT2D eigenvalue weighted by atomic mass is 9.97. The van der Waals surface area contributed by atoms with Crippen molar-refractivity contribution in [2.24, 2.45) is 5.92 Å². The van der Waals surface area contributed by atoms with E-state index >= 15 is 0 Å². The topological polar surface area (TPSA) is 69.6 Å². The average Bonchev–Trinajstić information content (AvgIpc) is 3.37. The molecule has 148 valence electrons. The summed E-state index contributed by atoms with van der Waals surface area (Å²) in [6.07, 6.45) is 3.31. The number of carbonyl (C=O) groups excluding carboxylic acids is 2. The van der Waals surface area contributed by atoms with E-state index in [9.17, 15) is 9.59 Å². The molecule has 7 nitrogen and oxygen atoms in total. The molecule has 0 N–H and O–H groups in total. The van der Waals surface area contributed by atoms with Crippen LogP contribution < -0.4 is 9.80 Å². The number of rotatable bonds is 5. The highest BCUT2D eigenvalue weighted by Gasteiger charge is 2.31. The molecule has 1 unspecified atom stereocenters. The van der Waals surface area contributed by atoms with Crippen molar-refractivity contribution in [2.45, 2.75) is 32.2 Å². The van der Waals surface area contributed by atoms with E-state index in [-0.39, 0.29) is 17.7 Å². The lowest BCUT2D eigenvalue weighted by molar-refractivity contribution is -0.135. The number of aromatic nitrogens is 2. The molecule has 2 aromatic rings. The minimum Gasteiger partial charge on any atom is -0.346 e. The second kappa shape index (κ2) is 8.26. The van der Waals surface area contributed by atoms with Crippen LogP contribution in [0.2, 0.25) is 0 Å². The molecular formula is C20H25N5O2S. The lowest BCUT2D eigenvalue weighted by Crippen LogP contribution is -2.43. The summed E-state index contributed by atoms with van der Waals surface area (Å²) in [6, 6.07) is 10.1. The fourth-order valence-electron chi connectivity index (χ4n) is 3.89. The molecule has 8 heteroatoms. The van der Waals surface area contributed by atoms with E-state index in [0.29, 0.717) is 24.6 Å². The third kappa shape index (κ3) is 4.01. The van der Waals surface area contributed by atoms with Gasteiger partial charge >= 0.3 is 0 Å². The van der Waals surface area contributed by atoms with Crippen molar-refractivity contribution >= 4 is 33.4 Å². The third-order valence-electron chi connectivity index (χ3n) is 5.39. The van der Waals surface area contributed by atoms with Gasteiger partial charge in [0, 0.05) is 39.6 Å². The Morgan fingerprint density at radius 2 is 1.96 bits per heavy atom. The predicted octanol–water partition coefficient (Wildman–Crippen LogP) is 2.54. The van der Waals surface area contributed by atoms with Crippen LogP contribution in [0.1, 0.15) is 31.2 Å². The number of hydrogen-bond acceptors (Lipinski definition) is 6. The summed E-state index contributed by atoms with van der Waals surface area (Å²) in [5, 5.41) is 10.00. The molecule has 28 heavy (non-hydrogen) atoms. The average molecular weight is 400 g/mol. The summed E-state index contributed by atoms with van der Waals surface area (Å²) in [5.74, 6) is 0.258. The first kappa shape index (κ1) is 18.9. The molecule has 0 spiro atoms. The summed E-state index contributed by atoms with van der Waals surface area (Å²) in [6.45, 7) is 2.87. The van der Waals surface area contributed by atoms with Crippen LogP contribution in [0.15, 0.2) is 30.3 Å². The number of nitrogens with zero attached hydrogens (tertiary/aromatic N) is 5. The van der Waals surface area contributed by atoms with Crippen LogP contribution in [0.4, 0.5) is 10.3 Å². The predicted molar refractivity (Wildman–Crippen MR) is 109 cm³/mol. The highest BCUT2D eigenvalue weighted by Crippen LogP contribution is 2.32. The first-order chi connectivity index (χ1) is 13.6. The van der Waals surface area contributed by atoms with E-state index in [1.807, 2.05) is 42.3 Å². The molecule has 0 saturated carbocycles. The quantitative estimate of drug-likeness (QED) is 0.773. The van der Waals surface area contributed by atoms with E-state index in [0.717, 1.165) is 43.0 Å². The van der Waals surface area contributed by atoms with Gasteiger partial charge < -0.3 is 9.80 Å². The van der Waals surface area contributed by atoms with Crippen LogP contribution in [-0.2, 0) is 16.1 Å². The van der Waals surface area contributed by atoms with Crippen molar-refractivity contribution in [1.29, 1.82) is 0 Å². The Morgan fingerprint density at radius 3 is 2.71 bits per heavy atom. The Labute approximate surface area is 169 Å². The fraction of sp³-hybridized carbons (Fsp3) is 0.500. The van der Waals surface area contributed by atoms with Crippen molar-refractivity contribution in [3.63, 3.8) is 0 Å². The highest BCUT2D eigenvalue weighted by molar-refractivity contribution is 7.19. The van der Waals surface area contributed by atoms with Gasteiger partial charge in [-0.25, -0.2) is 0 Å². The molecule has 2 amide bonds. The minimum absolute atomic E-state index is 0.0387. The van der Waals surface area contributed by atoms with Gasteiger partial charge in [0.05, 0.1) is 5.92 Å². The lowest BCUT2D eigenvalue weighted by Gasteiger charge is -2.33. The molecule has 0 aliphatic carbocycles. The Bertz CT molecular complexity index is 840. The Kier molecular flexibility index (Phi) is 5.57. The Morgan fingerprint density at radius 1 is 1.18 bits per heavy atom. The first-order valence-corrected chi connectivity index (χ1v) is 10.6. The first-order valence-electron chi connectivity index (χ1n) is 9.79. The van der Waals surface area contributed by atoms with Gasteiger partial charge in [-0.3, -0.25) is 14.5 Å². The second-order valence-corrected chi connectivity index (χ2v) is 8.42. The Balaban J connectivity index is 1.39. The summed E-state index contributed by atoms with van der Waals surface area (Å²) < 4.78 is 0. The smallest absolute Gasteiger partial charge is 0.228 e. The van der Waals surface area contributed by atoms with Gasteiger partial charge in [0.1, 0.15) is 0 Å². The molecule has 0 radical (unpaired) electrons. The molecule has 2 aliphatic rings. The SMILES string of the molecule is CN(Cc1ccccc1)C(=O)C1CCCN(c2nnc(N3CCCC3=O)s2)C1. The maximum absolute atomic E-state index is 13.0. The standard InChI is InChI=1S/C20H25N5O2S/c1-23(13-15-7-3-2-4-8-15)18(27)16-9-5-11-24(14-16)19-21-22-20(28-19)25-12-6-10-17(25)26/h2-4,7-8,16H,5-6,9-14H2,1H3. The van der Waals surface area contributed by atoms with E-state index in [1.165, 1.54) is 11.3 Å². The van der Waals surface area contributed by atoms with Crippen LogP contribution in [0.5, 0.6) is 0 Å². The molecule has 2 fully saturated rings. The summed E-state index contributed by atoms with van der Waals surface area (Å²) >= 11 is 1.45. The molecule has 1 atom stereocenters. The van der Waals surface area contributed by atoms with E-state index in [4.69, 9.17) is 0 Å². The zero-order valence-corrected chi connectivity index (χ0v) is 16.9. The molecule has 2 aliphatic heterocycles. The van der Waals surface area contributed by atoms with Crippen LogP contribution in [0.25, 0.3) is 0 Å². The summed E-state index contributed by atoms with van der Waals surface area (Å²) in [4.78, 5) is 30.6. The number of hydrogen-bond donors (Lipinski definition) is 0. The van der Waals surface area contributed by atoms with E-state index in [2.05, 4.69) is 15.1 Å². The summed E-state index contributed by atoms with van der Waals surface area (Å²) in [7, 11) is 1.87. The van der Waals surface area contributed by atoms with Crippen LogP contribution >= 0.6 is 11.3 Å². The van der Waals surface area contributed by atoms with Crippen molar-refractivity contribution in [3.8, 4) is 0 Å². The molecule has 0 bridgehead atoms. The van der Waals surface area contributed by atoms with Crippen molar-refractivity contribution in [3.05, 3.63) is 35.9 Å². The van der Waals surface area contributed by atoms with Gasteiger partial charge in [0.15, 0.2) is 0 Å². The van der Waals surface area contributed by atoms with Crippen molar-refractivity contribution < 1.29 is 9.59 Å². The molecule has 3 heterocycles. The Hall–Kier alpha value is -2.48. The van der Waals surface area contributed by atoms with Gasteiger partial charge in [0.25, 0.3) is 0 Å². The number of benzene rings is 1. The van der Waals surface area contributed by atoms with Gasteiger partial charge in [-0.05, 0) is 24.8 Å². The van der Waals surface area contributed by atoms with Crippen molar-refractivity contribution in [2.75, 3.05) is 36.5 Å². The van der Waals surface area contributed by atoms with Gasteiger partial charge in [-0.2, -0.15) is 0 Å². The molecule has 4 rings (SSSR count). The fourth-order valence-corrected chi connectivity index (χ4v) is 4.82. The number of carbonyl (C=O) groups is 2. The second-order valence-electron chi connectivity index (χ2n) is 7.48. The maximum Gasteiger partial charge on any atom is 0.228 e. The summed E-state index contributed by atoms with van der Waals surface area (Å²) in [5.41, 5.74) is 1.13. The largest absolute Gasteiger partial charge is 0.346 e. The normalized spacial score (nSPS) is 19.9. The zero-order valence-electron chi connectivity index (χ0n) is 16.1. The van der Waals surface area contributed by atoms with Crippen molar-refractivity contribution in [1.82, 2.24) is 15.1 Å². The van der Waals surface area contributed by atoms with Crippen LogP contribution in [0, 0.1) is 5.92 Å². The van der Waals surface area contributed by atoms with Gasteiger partial charge in [-0.1, -0.05) is 41.7 Å². The third-order valence-corrected chi connectivity index (χ3v) is 6.39. The van der Waals surface area contributed by atoms with E-state index in [1.54, 1.807) is 4.90 Å². The minimum atomic E-state index is -0.0387. The number of amides is 2. The molecule has 2 saturated heterocycles. The molecule has 1 aromatic heterocycles.